The number of nitrogens with zero attached hydrogens (tertiary/aromatic N) is 1. The van der Waals surface area contributed by atoms with Gasteiger partial charge in [-0.25, -0.2) is 4.79 Å². The van der Waals surface area contributed by atoms with E-state index < -0.39 is 11.6 Å². The highest BCUT2D eigenvalue weighted by Crippen LogP contribution is 2.23. The fraction of sp³-hybridized carbons (Fsp3) is 0.333. The minimum atomic E-state index is -1.31. The van der Waals surface area contributed by atoms with E-state index in [1.807, 2.05) is 0 Å². The van der Waals surface area contributed by atoms with Gasteiger partial charge in [-0.1, -0.05) is 6.07 Å². The van der Waals surface area contributed by atoms with Gasteiger partial charge < -0.3 is 9.84 Å². The third-order valence-electron chi connectivity index (χ3n) is 2.03. The Labute approximate surface area is 76.2 Å². The predicted octanol–water partition coefficient (Wildman–Crippen LogP) is 1.03. The molecule has 0 aromatic carbocycles. The SMILES string of the molecule is COC(C)(C(=O)O)c1cccnc1. The molecule has 4 heteroatoms. The molecule has 0 aliphatic rings. The molecule has 1 aromatic heterocycles. The van der Waals surface area contributed by atoms with Crippen LogP contribution in [0.4, 0.5) is 0 Å². The number of methoxy groups -OCH3 is 1. The van der Waals surface area contributed by atoms with Crippen LogP contribution in [0.15, 0.2) is 24.5 Å². The second-order valence-electron chi connectivity index (χ2n) is 2.78. The fourth-order valence-electron chi connectivity index (χ4n) is 0.974. The van der Waals surface area contributed by atoms with Crippen molar-refractivity contribution in [3.8, 4) is 0 Å². The lowest BCUT2D eigenvalue weighted by Gasteiger charge is -2.22. The molecule has 1 aromatic rings. The third kappa shape index (κ3) is 1.67. The molecule has 0 saturated carbocycles. The van der Waals surface area contributed by atoms with Crippen molar-refractivity contribution in [1.29, 1.82) is 0 Å². The smallest absolute Gasteiger partial charge is 0.340 e. The number of aliphatic carboxylic acids is 1. The summed E-state index contributed by atoms with van der Waals surface area (Å²) in [5, 5.41) is 8.93. The Hall–Kier alpha value is -1.42. The molecule has 0 spiro atoms. The summed E-state index contributed by atoms with van der Waals surface area (Å²) in [4.78, 5) is 14.7. The van der Waals surface area contributed by atoms with Crippen LogP contribution in [-0.4, -0.2) is 23.2 Å². The van der Waals surface area contributed by atoms with Gasteiger partial charge in [0.05, 0.1) is 0 Å². The average Bonchev–Trinajstić information content (AvgIpc) is 2.17. The zero-order valence-corrected chi connectivity index (χ0v) is 7.52. The van der Waals surface area contributed by atoms with E-state index in [1.54, 1.807) is 18.3 Å². The molecular formula is C9H11NO3. The molecule has 0 bridgehead atoms. The molecule has 1 atom stereocenters. The van der Waals surface area contributed by atoms with E-state index in [9.17, 15) is 4.79 Å². The highest BCUT2D eigenvalue weighted by Gasteiger charge is 2.35. The molecule has 0 fully saturated rings. The van der Waals surface area contributed by atoms with Gasteiger partial charge in [-0.2, -0.15) is 0 Å². The zero-order chi connectivity index (χ0) is 9.90. The predicted molar refractivity (Wildman–Crippen MR) is 46.2 cm³/mol. The second-order valence-corrected chi connectivity index (χ2v) is 2.78. The summed E-state index contributed by atoms with van der Waals surface area (Å²) < 4.78 is 4.95. The van der Waals surface area contributed by atoms with Crippen molar-refractivity contribution in [2.45, 2.75) is 12.5 Å². The van der Waals surface area contributed by atoms with Crippen LogP contribution in [0.1, 0.15) is 12.5 Å². The second kappa shape index (κ2) is 3.53. The van der Waals surface area contributed by atoms with E-state index in [2.05, 4.69) is 4.98 Å². The Morgan fingerprint density at radius 1 is 1.69 bits per heavy atom. The van der Waals surface area contributed by atoms with Gasteiger partial charge in [-0.05, 0) is 13.0 Å². The number of hydrogen-bond donors (Lipinski definition) is 1. The first-order chi connectivity index (χ1) is 6.11. The van der Waals surface area contributed by atoms with Crippen molar-refractivity contribution in [3.05, 3.63) is 30.1 Å². The van der Waals surface area contributed by atoms with E-state index in [0.29, 0.717) is 5.56 Å². The summed E-state index contributed by atoms with van der Waals surface area (Å²) in [5.74, 6) is -1.02. The molecule has 1 heterocycles. The lowest BCUT2D eigenvalue weighted by atomic mass is 9.98. The molecule has 13 heavy (non-hydrogen) atoms. The molecule has 4 nitrogen and oxygen atoms in total. The maximum Gasteiger partial charge on any atom is 0.340 e. The van der Waals surface area contributed by atoms with Crippen molar-refractivity contribution in [3.63, 3.8) is 0 Å². The van der Waals surface area contributed by atoms with Gasteiger partial charge in [0.1, 0.15) is 0 Å². The number of ether oxygens (including phenoxy) is 1. The molecule has 0 aliphatic carbocycles. The van der Waals surface area contributed by atoms with Gasteiger partial charge in [0.15, 0.2) is 5.60 Å². The standard InChI is InChI=1S/C9H11NO3/c1-9(13-2,8(11)12)7-4-3-5-10-6-7/h3-6H,1-2H3,(H,11,12). The molecule has 1 rings (SSSR count). The largest absolute Gasteiger partial charge is 0.479 e. The van der Waals surface area contributed by atoms with Crippen molar-refractivity contribution >= 4 is 5.97 Å². The average molecular weight is 181 g/mol. The van der Waals surface area contributed by atoms with Gasteiger partial charge in [0.2, 0.25) is 0 Å². The summed E-state index contributed by atoms with van der Waals surface area (Å²) >= 11 is 0. The lowest BCUT2D eigenvalue weighted by molar-refractivity contribution is -0.161. The zero-order valence-electron chi connectivity index (χ0n) is 7.52. The van der Waals surface area contributed by atoms with Crippen LogP contribution < -0.4 is 0 Å². The lowest BCUT2D eigenvalue weighted by Crippen LogP contribution is -2.34. The minimum absolute atomic E-state index is 0.532. The summed E-state index contributed by atoms with van der Waals surface area (Å²) in [6.07, 6.45) is 3.07. The summed E-state index contributed by atoms with van der Waals surface area (Å²) in [5.41, 5.74) is -0.779. The molecule has 0 radical (unpaired) electrons. The van der Waals surface area contributed by atoms with Gasteiger partial charge in [-0.15, -0.1) is 0 Å². The molecule has 1 N–H and O–H groups in total. The molecule has 0 amide bonds. The number of pyridine rings is 1. The van der Waals surface area contributed by atoms with Gasteiger partial charge in [-0.3, -0.25) is 4.98 Å². The number of aromatic nitrogens is 1. The van der Waals surface area contributed by atoms with Crippen LogP contribution in [0.5, 0.6) is 0 Å². The number of hydrogen-bond acceptors (Lipinski definition) is 3. The molecule has 1 unspecified atom stereocenters. The number of carboxylic acids is 1. The summed E-state index contributed by atoms with van der Waals surface area (Å²) in [6.45, 7) is 1.49. The number of rotatable bonds is 3. The van der Waals surface area contributed by atoms with Crippen LogP contribution in [0, 0.1) is 0 Å². The van der Waals surface area contributed by atoms with Crippen molar-refractivity contribution in [2.75, 3.05) is 7.11 Å². The van der Waals surface area contributed by atoms with Gasteiger partial charge in [0, 0.05) is 25.1 Å². The Balaban J connectivity index is 3.11. The molecule has 0 aliphatic heterocycles. The molecule has 0 saturated heterocycles. The van der Waals surface area contributed by atoms with E-state index >= 15 is 0 Å². The minimum Gasteiger partial charge on any atom is -0.479 e. The van der Waals surface area contributed by atoms with Crippen LogP contribution in [0.25, 0.3) is 0 Å². The number of carbonyl (C=O) groups is 1. The van der Waals surface area contributed by atoms with E-state index in [1.165, 1.54) is 20.2 Å². The first kappa shape index (κ1) is 9.67. The Kier molecular flexibility index (Phi) is 2.63. The Bertz CT molecular complexity index is 299. The highest BCUT2D eigenvalue weighted by molar-refractivity contribution is 5.78. The highest BCUT2D eigenvalue weighted by atomic mass is 16.5. The first-order valence-corrected chi connectivity index (χ1v) is 3.80. The van der Waals surface area contributed by atoms with Crippen LogP contribution >= 0.6 is 0 Å². The number of carboxylic acid groups (broad SMARTS) is 1. The third-order valence-corrected chi connectivity index (χ3v) is 2.03. The quantitative estimate of drug-likeness (QED) is 0.756. The monoisotopic (exact) mass is 181 g/mol. The Morgan fingerprint density at radius 2 is 2.38 bits per heavy atom. The Morgan fingerprint density at radius 3 is 2.77 bits per heavy atom. The first-order valence-electron chi connectivity index (χ1n) is 3.80. The maximum atomic E-state index is 10.9. The topological polar surface area (TPSA) is 59.4 Å². The van der Waals surface area contributed by atoms with Crippen molar-refractivity contribution in [1.82, 2.24) is 4.98 Å². The van der Waals surface area contributed by atoms with E-state index in [4.69, 9.17) is 9.84 Å². The van der Waals surface area contributed by atoms with Gasteiger partial charge >= 0.3 is 5.97 Å². The van der Waals surface area contributed by atoms with Crippen LogP contribution in [0.2, 0.25) is 0 Å². The van der Waals surface area contributed by atoms with Gasteiger partial charge in [0.25, 0.3) is 0 Å². The van der Waals surface area contributed by atoms with Crippen LogP contribution in [-0.2, 0) is 15.1 Å². The van der Waals surface area contributed by atoms with Crippen molar-refractivity contribution < 1.29 is 14.6 Å². The fourth-order valence-corrected chi connectivity index (χ4v) is 0.974. The maximum absolute atomic E-state index is 10.9. The van der Waals surface area contributed by atoms with Crippen LogP contribution in [0.3, 0.4) is 0 Å². The van der Waals surface area contributed by atoms with Crippen molar-refractivity contribution in [2.24, 2.45) is 0 Å². The summed E-state index contributed by atoms with van der Waals surface area (Å²) in [7, 11) is 1.36. The van der Waals surface area contributed by atoms with E-state index in [0.717, 1.165) is 0 Å². The van der Waals surface area contributed by atoms with E-state index in [-0.39, 0.29) is 0 Å². The molecule has 70 valence electrons. The molecular weight excluding hydrogens is 170 g/mol. The normalized spacial score (nSPS) is 14.9. The summed E-state index contributed by atoms with van der Waals surface area (Å²) in [6, 6.07) is 3.35.